The van der Waals surface area contributed by atoms with Crippen molar-refractivity contribution in [1.29, 1.82) is 0 Å². The van der Waals surface area contributed by atoms with Crippen molar-refractivity contribution in [2.45, 2.75) is 32.9 Å². The number of anilines is 1. The third-order valence-electron chi connectivity index (χ3n) is 5.01. The van der Waals surface area contributed by atoms with E-state index in [0.29, 0.717) is 35.2 Å². The molecule has 0 radical (unpaired) electrons. The number of carbonyl (C=O) groups excluding carboxylic acids is 1. The van der Waals surface area contributed by atoms with Crippen LogP contribution in [0, 0.1) is 11.8 Å². The Morgan fingerprint density at radius 1 is 1.08 bits per heavy atom. The first-order valence-electron chi connectivity index (χ1n) is 11.5. The number of carbonyl (C=O) groups is 1. The molecular weight excluding hydrogens is 502 g/mol. The molecule has 5 rings (SSSR count). The average Bonchev–Trinajstić information content (AvgIpc) is 3.55. The highest BCUT2D eigenvalue weighted by atomic mass is 32.1. The standard InChI is InChI=1S/C27H23N7O3.H2S/c1-27(2,3)37-26(35)34-23-9-7-18(15-19(23)16-31-34)6-8-20-10-12-28-24(32-20)22-11-13-29-25(33-22)30-17-21-5-4-14-36-21;/h4-5,7,9-16H,17H2,1-3H3,(H,29,30,33);1H2. The zero-order valence-corrected chi connectivity index (χ0v) is 22.0. The van der Waals surface area contributed by atoms with Crippen LogP contribution in [0.5, 0.6) is 0 Å². The fraction of sp³-hybridized carbons (Fsp3) is 0.185. The predicted octanol–water partition coefficient (Wildman–Crippen LogP) is 4.78. The first-order chi connectivity index (χ1) is 17.8. The summed E-state index contributed by atoms with van der Waals surface area (Å²) in [6, 6.07) is 12.6. The molecule has 192 valence electrons. The molecule has 1 aromatic carbocycles. The van der Waals surface area contributed by atoms with Crippen LogP contribution >= 0.6 is 13.5 Å². The van der Waals surface area contributed by atoms with E-state index in [1.165, 1.54) is 4.68 Å². The Morgan fingerprint density at radius 2 is 1.92 bits per heavy atom. The molecule has 0 aliphatic rings. The summed E-state index contributed by atoms with van der Waals surface area (Å²) < 4.78 is 12.0. The van der Waals surface area contributed by atoms with Gasteiger partial charge in [-0.05, 0) is 69.2 Å². The monoisotopic (exact) mass is 527 g/mol. The van der Waals surface area contributed by atoms with Crippen molar-refractivity contribution in [3.05, 3.63) is 84.3 Å². The van der Waals surface area contributed by atoms with Crippen molar-refractivity contribution in [1.82, 2.24) is 29.7 Å². The van der Waals surface area contributed by atoms with E-state index >= 15 is 0 Å². The van der Waals surface area contributed by atoms with Gasteiger partial charge in [0.2, 0.25) is 5.95 Å². The van der Waals surface area contributed by atoms with Gasteiger partial charge in [0.1, 0.15) is 22.7 Å². The minimum absolute atomic E-state index is 0. The molecule has 0 bridgehead atoms. The van der Waals surface area contributed by atoms with Gasteiger partial charge in [0.25, 0.3) is 0 Å². The van der Waals surface area contributed by atoms with Crippen LogP contribution in [0.1, 0.15) is 37.8 Å². The van der Waals surface area contributed by atoms with E-state index in [1.54, 1.807) is 43.1 Å². The highest BCUT2D eigenvalue weighted by Gasteiger charge is 2.20. The summed E-state index contributed by atoms with van der Waals surface area (Å²) in [4.78, 5) is 30.0. The van der Waals surface area contributed by atoms with Gasteiger partial charge >= 0.3 is 6.09 Å². The van der Waals surface area contributed by atoms with Crippen molar-refractivity contribution in [3.8, 4) is 23.4 Å². The Morgan fingerprint density at radius 3 is 2.71 bits per heavy atom. The minimum atomic E-state index is -0.610. The van der Waals surface area contributed by atoms with E-state index in [2.05, 4.69) is 42.2 Å². The second-order valence-electron chi connectivity index (χ2n) is 9.02. The van der Waals surface area contributed by atoms with Gasteiger partial charge in [0, 0.05) is 23.3 Å². The molecule has 0 saturated carbocycles. The summed E-state index contributed by atoms with van der Waals surface area (Å²) in [7, 11) is 0. The summed E-state index contributed by atoms with van der Waals surface area (Å²) in [6.45, 7) is 5.90. The van der Waals surface area contributed by atoms with Crippen molar-refractivity contribution in [3.63, 3.8) is 0 Å². The molecular formula is C27H25N7O3S. The Bertz CT molecular complexity index is 1630. The largest absolute Gasteiger partial charge is 0.467 e. The molecule has 0 aliphatic heterocycles. The Kier molecular flexibility index (Phi) is 7.74. The van der Waals surface area contributed by atoms with Gasteiger partial charge in [-0.1, -0.05) is 5.92 Å². The molecule has 0 saturated heterocycles. The summed E-state index contributed by atoms with van der Waals surface area (Å²) in [5, 5.41) is 8.06. The fourth-order valence-electron chi connectivity index (χ4n) is 3.40. The van der Waals surface area contributed by atoms with Gasteiger partial charge < -0.3 is 14.5 Å². The molecule has 1 N–H and O–H groups in total. The van der Waals surface area contributed by atoms with E-state index in [4.69, 9.17) is 9.15 Å². The van der Waals surface area contributed by atoms with E-state index < -0.39 is 11.7 Å². The normalized spacial score (nSPS) is 10.8. The number of hydrogen-bond donors (Lipinski definition) is 1. The molecule has 11 heteroatoms. The minimum Gasteiger partial charge on any atom is -0.467 e. The third-order valence-corrected chi connectivity index (χ3v) is 5.01. The molecule has 4 aromatic heterocycles. The van der Waals surface area contributed by atoms with E-state index in [9.17, 15) is 4.79 Å². The van der Waals surface area contributed by atoms with Crippen molar-refractivity contribution in [2.75, 3.05) is 5.32 Å². The number of ether oxygens (including phenoxy) is 1. The van der Waals surface area contributed by atoms with Gasteiger partial charge in [-0.2, -0.15) is 23.3 Å². The lowest BCUT2D eigenvalue weighted by atomic mass is 10.1. The molecule has 0 spiro atoms. The number of fused-ring (bicyclic) bond motifs is 1. The lowest BCUT2D eigenvalue weighted by Gasteiger charge is -2.19. The summed E-state index contributed by atoms with van der Waals surface area (Å²) >= 11 is 0. The highest BCUT2D eigenvalue weighted by Crippen LogP contribution is 2.18. The van der Waals surface area contributed by atoms with E-state index in [0.717, 1.165) is 16.7 Å². The zero-order valence-electron chi connectivity index (χ0n) is 21.0. The maximum atomic E-state index is 12.4. The van der Waals surface area contributed by atoms with Gasteiger partial charge in [-0.3, -0.25) is 0 Å². The number of furan rings is 1. The van der Waals surface area contributed by atoms with Crippen LogP contribution in [-0.2, 0) is 11.3 Å². The van der Waals surface area contributed by atoms with E-state index in [-0.39, 0.29) is 13.5 Å². The van der Waals surface area contributed by atoms with Crippen LogP contribution in [0.4, 0.5) is 10.7 Å². The Labute approximate surface area is 226 Å². The van der Waals surface area contributed by atoms with Crippen LogP contribution in [0.3, 0.4) is 0 Å². The van der Waals surface area contributed by atoms with Gasteiger partial charge in [0.15, 0.2) is 5.82 Å². The SMILES string of the molecule is CC(C)(C)OC(=O)n1ncc2cc(C#Cc3ccnc(-c4ccnc(NCc5ccco5)n4)n3)ccc21.S. The molecule has 4 heterocycles. The molecule has 0 aliphatic carbocycles. The molecule has 0 amide bonds. The smallest absolute Gasteiger partial charge is 0.435 e. The topological polar surface area (TPSA) is 121 Å². The lowest BCUT2D eigenvalue weighted by Crippen LogP contribution is -2.27. The maximum Gasteiger partial charge on any atom is 0.435 e. The number of aromatic nitrogens is 6. The van der Waals surface area contributed by atoms with E-state index in [1.807, 2.05) is 45.0 Å². The lowest BCUT2D eigenvalue weighted by molar-refractivity contribution is 0.0522. The van der Waals surface area contributed by atoms with Crippen molar-refractivity contribution < 1.29 is 13.9 Å². The maximum absolute atomic E-state index is 12.4. The zero-order chi connectivity index (χ0) is 25.8. The highest BCUT2D eigenvalue weighted by molar-refractivity contribution is 7.59. The quantitative estimate of drug-likeness (QED) is 0.329. The summed E-state index contributed by atoms with van der Waals surface area (Å²) in [5.74, 6) is 7.82. The molecule has 0 atom stereocenters. The Balaban J connectivity index is 0.00000336. The molecule has 10 nitrogen and oxygen atoms in total. The first kappa shape index (κ1) is 26.4. The van der Waals surface area contributed by atoms with Crippen LogP contribution in [-0.4, -0.2) is 41.4 Å². The number of rotatable bonds is 4. The fourth-order valence-corrected chi connectivity index (χ4v) is 3.40. The molecule has 0 fully saturated rings. The number of hydrogen-bond acceptors (Lipinski definition) is 9. The summed E-state index contributed by atoms with van der Waals surface area (Å²) in [6.07, 6.45) is 5.97. The van der Waals surface area contributed by atoms with Crippen LogP contribution in [0.25, 0.3) is 22.4 Å². The van der Waals surface area contributed by atoms with Gasteiger partial charge in [0.05, 0.1) is 24.5 Å². The van der Waals surface area contributed by atoms with Gasteiger partial charge in [-0.25, -0.2) is 24.7 Å². The third kappa shape index (κ3) is 6.35. The van der Waals surface area contributed by atoms with Gasteiger partial charge in [-0.15, -0.1) is 0 Å². The predicted molar refractivity (Wildman–Crippen MR) is 147 cm³/mol. The average molecular weight is 528 g/mol. The van der Waals surface area contributed by atoms with Crippen LogP contribution < -0.4 is 5.32 Å². The summed E-state index contributed by atoms with van der Waals surface area (Å²) in [5.41, 5.74) is 1.89. The van der Waals surface area contributed by atoms with Crippen molar-refractivity contribution in [2.24, 2.45) is 0 Å². The Hall–Kier alpha value is -4.69. The second-order valence-corrected chi connectivity index (χ2v) is 9.02. The second kappa shape index (κ2) is 11.1. The first-order valence-corrected chi connectivity index (χ1v) is 11.5. The molecule has 5 aromatic rings. The van der Waals surface area contributed by atoms with Crippen LogP contribution in [0.15, 0.2) is 71.7 Å². The molecule has 38 heavy (non-hydrogen) atoms. The number of nitrogens with one attached hydrogen (secondary N) is 1. The molecule has 0 unspecified atom stereocenters. The number of nitrogens with zero attached hydrogens (tertiary/aromatic N) is 6. The number of benzene rings is 1. The van der Waals surface area contributed by atoms with Crippen LogP contribution in [0.2, 0.25) is 0 Å². The van der Waals surface area contributed by atoms with Crippen molar-refractivity contribution >= 4 is 36.4 Å².